The van der Waals surface area contributed by atoms with Crippen molar-refractivity contribution in [3.8, 4) is 0 Å². The summed E-state index contributed by atoms with van der Waals surface area (Å²) in [5.74, 6) is -0.0927. The van der Waals surface area contributed by atoms with Gasteiger partial charge in [0.05, 0.1) is 5.56 Å². The van der Waals surface area contributed by atoms with Crippen molar-refractivity contribution < 1.29 is 9.90 Å². The molecule has 3 atom stereocenters. The second-order valence-electron chi connectivity index (χ2n) is 9.65. The molecule has 0 aromatic carbocycles. The molecule has 3 N–H and O–H groups in total. The Kier molecular flexibility index (Phi) is 3.38. The molecule has 0 aliphatic heterocycles. The summed E-state index contributed by atoms with van der Waals surface area (Å²) >= 11 is 0. The summed E-state index contributed by atoms with van der Waals surface area (Å²) in [6.45, 7) is 4.94. The van der Waals surface area contributed by atoms with Gasteiger partial charge in [0.2, 0.25) is 0 Å². The van der Waals surface area contributed by atoms with E-state index < -0.39 is 5.97 Å². The van der Waals surface area contributed by atoms with Crippen LogP contribution in [-0.4, -0.2) is 22.1 Å². The van der Waals surface area contributed by atoms with Crippen LogP contribution >= 0.6 is 0 Å². The third kappa shape index (κ3) is 2.55. The fourth-order valence-electron chi connectivity index (χ4n) is 7.06. The fourth-order valence-corrected chi connectivity index (χ4v) is 7.06. The predicted molar refractivity (Wildman–Crippen MR) is 92.7 cm³/mol. The Morgan fingerprint density at radius 3 is 2.42 bits per heavy atom. The van der Waals surface area contributed by atoms with E-state index in [-0.39, 0.29) is 17.0 Å². The largest absolute Gasteiger partial charge is 0.478 e. The zero-order valence-electron chi connectivity index (χ0n) is 14.7. The monoisotopic (exact) mass is 328 g/mol. The summed E-state index contributed by atoms with van der Waals surface area (Å²) in [5, 5.41) is 9.00. The molecule has 1 aromatic heterocycles. The molecule has 4 aliphatic carbocycles. The normalized spacial score (nSPS) is 41.4. The van der Waals surface area contributed by atoms with Crippen molar-refractivity contribution in [3.63, 3.8) is 0 Å². The number of nitrogens with zero attached hydrogens (tertiary/aromatic N) is 1. The van der Waals surface area contributed by atoms with E-state index in [9.17, 15) is 4.79 Å². The van der Waals surface area contributed by atoms with Crippen LogP contribution < -0.4 is 5.73 Å². The van der Waals surface area contributed by atoms with Crippen LogP contribution in [0, 0.1) is 22.2 Å². The van der Waals surface area contributed by atoms with Gasteiger partial charge in [-0.25, -0.2) is 4.79 Å². The van der Waals surface area contributed by atoms with Gasteiger partial charge in [-0.2, -0.15) is 0 Å². The van der Waals surface area contributed by atoms with Crippen molar-refractivity contribution in [3.05, 3.63) is 29.6 Å². The third-order valence-corrected chi connectivity index (χ3v) is 6.96. The second-order valence-corrected chi connectivity index (χ2v) is 9.65. The van der Waals surface area contributed by atoms with Crippen LogP contribution in [0.5, 0.6) is 0 Å². The molecule has 4 bridgehead atoms. The summed E-state index contributed by atoms with van der Waals surface area (Å²) in [5.41, 5.74) is 9.09. The van der Waals surface area contributed by atoms with E-state index in [2.05, 4.69) is 18.8 Å². The van der Waals surface area contributed by atoms with Crippen molar-refractivity contribution in [2.24, 2.45) is 27.9 Å². The summed E-state index contributed by atoms with van der Waals surface area (Å²) < 4.78 is 0. The minimum atomic E-state index is -0.930. The number of nitrogens with two attached hydrogens (primary N) is 1. The topological polar surface area (TPSA) is 76.2 Å². The highest BCUT2D eigenvalue weighted by atomic mass is 16.4. The van der Waals surface area contributed by atoms with Gasteiger partial charge in [0.25, 0.3) is 0 Å². The molecule has 130 valence electrons. The Labute approximate surface area is 143 Å². The molecule has 4 heteroatoms. The molecule has 0 amide bonds. The van der Waals surface area contributed by atoms with E-state index in [1.54, 1.807) is 6.07 Å². The van der Waals surface area contributed by atoms with Crippen LogP contribution in [0.25, 0.3) is 0 Å². The van der Waals surface area contributed by atoms with Gasteiger partial charge >= 0.3 is 5.97 Å². The Balaban J connectivity index is 1.56. The first-order valence-corrected chi connectivity index (χ1v) is 9.15. The van der Waals surface area contributed by atoms with Crippen LogP contribution in [0.3, 0.4) is 0 Å². The standard InChI is InChI=1S/C20H28N2O2/c1-18-6-13-7-19(2,10-18)12-20(8-13,11-18)16(21)5-15-4-3-14(9-22-15)17(23)24/h3-4,9,13,16H,5-8,10-12,21H2,1-2H3,(H,23,24). The number of aromatic nitrogens is 1. The molecule has 1 aromatic rings. The first-order chi connectivity index (χ1) is 11.2. The number of carboxylic acids is 1. The van der Waals surface area contributed by atoms with Gasteiger partial charge in [0.1, 0.15) is 0 Å². The van der Waals surface area contributed by atoms with Gasteiger partial charge in [-0.1, -0.05) is 13.8 Å². The Morgan fingerprint density at radius 2 is 1.92 bits per heavy atom. The maximum absolute atomic E-state index is 11.0. The highest BCUT2D eigenvalue weighted by Crippen LogP contribution is 2.70. The van der Waals surface area contributed by atoms with Crippen molar-refractivity contribution in [1.82, 2.24) is 4.98 Å². The van der Waals surface area contributed by atoms with Crippen molar-refractivity contribution >= 4 is 5.97 Å². The van der Waals surface area contributed by atoms with E-state index in [0.717, 1.165) is 18.0 Å². The number of pyridine rings is 1. The maximum Gasteiger partial charge on any atom is 0.337 e. The van der Waals surface area contributed by atoms with Crippen LogP contribution in [0.15, 0.2) is 18.3 Å². The van der Waals surface area contributed by atoms with Crippen LogP contribution in [0.4, 0.5) is 0 Å². The number of carboxylic acid groups (broad SMARTS) is 1. The zero-order valence-corrected chi connectivity index (χ0v) is 14.7. The molecule has 4 nitrogen and oxygen atoms in total. The van der Waals surface area contributed by atoms with E-state index in [0.29, 0.717) is 10.8 Å². The van der Waals surface area contributed by atoms with Crippen LogP contribution in [0.2, 0.25) is 0 Å². The lowest BCUT2D eigenvalue weighted by molar-refractivity contribution is -0.153. The third-order valence-electron chi connectivity index (χ3n) is 6.96. The van der Waals surface area contributed by atoms with E-state index in [4.69, 9.17) is 10.8 Å². The molecular weight excluding hydrogens is 300 g/mol. The molecule has 0 radical (unpaired) electrons. The van der Waals surface area contributed by atoms with E-state index in [1.165, 1.54) is 44.7 Å². The number of rotatable bonds is 4. The molecule has 0 saturated heterocycles. The highest BCUT2D eigenvalue weighted by molar-refractivity contribution is 5.87. The first kappa shape index (κ1) is 16.1. The fraction of sp³-hybridized carbons (Fsp3) is 0.700. The minimum Gasteiger partial charge on any atom is -0.478 e. The maximum atomic E-state index is 11.0. The molecular formula is C20H28N2O2. The smallest absolute Gasteiger partial charge is 0.337 e. The number of carbonyl (C=O) groups is 1. The predicted octanol–water partition coefficient (Wildman–Crippen LogP) is 3.65. The molecule has 4 saturated carbocycles. The Bertz CT molecular complexity index is 651. The SMILES string of the molecule is CC12CC3CC(C)(C1)CC(C(N)Cc1ccc(C(=O)O)cn1)(C3)C2. The summed E-state index contributed by atoms with van der Waals surface area (Å²) in [4.78, 5) is 15.3. The molecule has 24 heavy (non-hydrogen) atoms. The lowest BCUT2D eigenvalue weighted by atomic mass is 9.39. The van der Waals surface area contributed by atoms with E-state index >= 15 is 0 Å². The van der Waals surface area contributed by atoms with Crippen LogP contribution in [-0.2, 0) is 6.42 Å². The summed E-state index contributed by atoms with van der Waals surface area (Å²) in [6.07, 6.45) is 10.1. The highest BCUT2D eigenvalue weighted by Gasteiger charge is 2.61. The molecule has 3 unspecified atom stereocenters. The van der Waals surface area contributed by atoms with Gasteiger partial charge in [-0.3, -0.25) is 4.98 Å². The van der Waals surface area contributed by atoms with Gasteiger partial charge in [0.15, 0.2) is 0 Å². The average Bonchev–Trinajstić information content (AvgIpc) is 2.43. The molecule has 0 spiro atoms. The second kappa shape index (κ2) is 5.04. The van der Waals surface area contributed by atoms with Crippen molar-refractivity contribution in [2.75, 3.05) is 0 Å². The van der Waals surface area contributed by atoms with Crippen molar-refractivity contribution in [2.45, 2.75) is 64.8 Å². The minimum absolute atomic E-state index is 0.114. The average molecular weight is 328 g/mol. The molecule has 4 aliphatic rings. The molecule has 5 rings (SSSR count). The lowest BCUT2D eigenvalue weighted by Gasteiger charge is -2.67. The van der Waals surface area contributed by atoms with Gasteiger partial charge in [-0.15, -0.1) is 0 Å². The van der Waals surface area contributed by atoms with E-state index in [1.807, 2.05) is 6.07 Å². The van der Waals surface area contributed by atoms with Crippen molar-refractivity contribution in [1.29, 1.82) is 0 Å². The number of hydrogen-bond acceptors (Lipinski definition) is 3. The Morgan fingerprint density at radius 1 is 1.25 bits per heavy atom. The molecule has 1 heterocycles. The van der Waals surface area contributed by atoms with Gasteiger partial charge < -0.3 is 10.8 Å². The number of aromatic carboxylic acids is 1. The lowest BCUT2D eigenvalue weighted by Crippen LogP contribution is -2.61. The first-order valence-electron chi connectivity index (χ1n) is 9.15. The zero-order chi connectivity index (χ0) is 17.2. The summed E-state index contributed by atoms with van der Waals surface area (Å²) in [6, 6.07) is 3.58. The number of hydrogen-bond donors (Lipinski definition) is 2. The summed E-state index contributed by atoms with van der Waals surface area (Å²) in [7, 11) is 0. The quantitative estimate of drug-likeness (QED) is 0.884. The Hall–Kier alpha value is -1.42. The van der Waals surface area contributed by atoms with Crippen LogP contribution in [0.1, 0.15) is 68.4 Å². The van der Waals surface area contributed by atoms with Gasteiger partial charge in [0, 0.05) is 24.4 Å². The van der Waals surface area contributed by atoms with Gasteiger partial charge in [-0.05, 0) is 72.8 Å². The molecule has 4 fully saturated rings.